The van der Waals surface area contributed by atoms with Crippen molar-refractivity contribution in [1.29, 1.82) is 0 Å². The molecule has 0 radical (unpaired) electrons. The molecule has 2 N–H and O–H groups in total. The fourth-order valence-electron chi connectivity index (χ4n) is 3.16. The first kappa shape index (κ1) is 20.2. The van der Waals surface area contributed by atoms with E-state index in [-0.39, 0.29) is 35.7 Å². The van der Waals surface area contributed by atoms with Gasteiger partial charge < -0.3 is 15.4 Å². The molecule has 0 aromatic heterocycles. The number of rotatable bonds is 5. The Morgan fingerprint density at radius 3 is 2.69 bits per heavy atom. The zero-order chi connectivity index (χ0) is 17.8. The van der Waals surface area contributed by atoms with E-state index in [0.717, 1.165) is 23.4 Å². The summed E-state index contributed by atoms with van der Waals surface area (Å²) in [6.07, 6.45) is 0.942. The first-order valence-electron chi connectivity index (χ1n) is 8.53. The quantitative estimate of drug-likeness (QED) is 0.825. The molecule has 0 spiro atoms. The van der Waals surface area contributed by atoms with Crippen LogP contribution in [0.15, 0.2) is 36.4 Å². The topological polar surface area (TPSA) is 50.4 Å². The molecule has 1 amide bonds. The van der Waals surface area contributed by atoms with Gasteiger partial charge in [0.05, 0.1) is 12.8 Å². The zero-order valence-electron chi connectivity index (χ0n) is 15.0. The Morgan fingerprint density at radius 2 is 2.00 bits per heavy atom. The molecule has 0 aliphatic carbocycles. The number of halogens is 2. The smallest absolute Gasteiger partial charge is 0.225 e. The number of methoxy groups -OCH3 is 1. The summed E-state index contributed by atoms with van der Waals surface area (Å²) in [5, 5.41) is 5.94. The number of benzene rings is 2. The molecular weight excluding hydrogens is 355 g/mol. The van der Waals surface area contributed by atoms with Gasteiger partial charge in [0.2, 0.25) is 5.91 Å². The number of amides is 1. The summed E-state index contributed by atoms with van der Waals surface area (Å²) in [5.74, 6) is 0.336. The summed E-state index contributed by atoms with van der Waals surface area (Å²) in [6, 6.07) is 11.2. The molecule has 1 aliphatic heterocycles. The third kappa shape index (κ3) is 4.54. The van der Waals surface area contributed by atoms with E-state index in [1.807, 2.05) is 37.3 Å². The molecular formula is C20H24ClFN2O2. The van der Waals surface area contributed by atoms with Crippen LogP contribution in [-0.2, 0) is 17.8 Å². The molecule has 140 valence electrons. The Hall–Kier alpha value is -2.11. The van der Waals surface area contributed by atoms with Crippen molar-refractivity contribution in [3.8, 4) is 5.75 Å². The van der Waals surface area contributed by atoms with Gasteiger partial charge in [-0.15, -0.1) is 12.4 Å². The largest absolute Gasteiger partial charge is 0.497 e. The SMILES string of the molecule is COc1ccc(C(C)CC(=O)Nc2ccc3c(c2F)CCNC3)cc1.Cl. The van der Waals surface area contributed by atoms with Crippen LogP contribution in [0.2, 0.25) is 0 Å². The standard InChI is InChI=1S/C20H23FN2O2.ClH/c1-13(14-3-6-16(25-2)7-4-14)11-19(24)23-18-8-5-15-12-22-10-9-17(15)20(18)21;/h3-8,13,22H,9-12H2,1-2H3,(H,23,24);1H. The molecule has 4 nitrogen and oxygen atoms in total. The predicted molar refractivity (Wildman–Crippen MR) is 104 cm³/mol. The lowest BCUT2D eigenvalue weighted by molar-refractivity contribution is -0.116. The molecule has 2 aromatic carbocycles. The molecule has 0 bridgehead atoms. The van der Waals surface area contributed by atoms with E-state index in [1.165, 1.54) is 0 Å². The van der Waals surface area contributed by atoms with Crippen molar-refractivity contribution in [1.82, 2.24) is 5.32 Å². The third-order valence-corrected chi connectivity index (χ3v) is 4.66. The van der Waals surface area contributed by atoms with Gasteiger partial charge in [0.15, 0.2) is 0 Å². The van der Waals surface area contributed by atoms with Crippen LogP contribution in [0.1, 0.15) is 36.0 Å². The summed E-state index contributed by atoms with van der Waals surface area (Å²) in [4.78, 5) is 12.3. The van der Waals surface area contributed by atoms with E-state index >= 15 is 0 Å². The van der Waals surface area contributed by atoms with Crippen LogP contribution in [0.5, 0.6) is 5.75 Å². The number of hydrogen-bond donors (Lipinski definition) is 2. The zero-order valence-corrected chi connectivity index (χ0v) is 15.8. The van der Waals surface area contributed by atoms with Crippen molar-refractivity contribution in [2.45, 2.75) is 32.2 Å². The van der Waals surface area contributed by atoms with Gasteiger partial charge in [-0.1, -0.05) is 25.1 Å². The highest BCUT2D eigenvalue weighted by molar-refractivity contribution is 5.91. The number of carbonyl (C=O) groups is 1. The summed E-state index contributed by atoms with van der Waals surface area (Å²) in [5.41, 5.74) is 2.99. The van der Waals surface area contributed by atoms with E-state index in [0.29, 0.717) is 24.9 Å². The van der Waals surface area contributed by atoms with Crippen LogP contribution in [0.3, 0.4) is 0 Å². The van der Waals surface area contributed by atoms with Crippen molar-refractivity contribution in [2.75, 3.05) is 19.0 Å². The summed E-state index contributed by atoms with van der Waals surface area (Å²) in [7, 11) is 1.62. The summed E-state index contributed by atoms with van der Waals surface area (Å²) >= 11 is 0. The van der Waals surface area contributed by atoms with Gasteiger partial charge in [0, 0.05) is 13.0 Å². The minimum atomic E-state index is -0.301. The molecule has 26 heavy (non-hydrogen) atoms. The van der Waals surface area contributed by atoms with Gasteiger partial charge >= 0.3 is 0 Å². The first-order valence-corrected chi connectivity index (χ1v) is 8.53. The number of fused-ring (bicyclic) bond motifs is 1. The third-order valence-electron chi connectivity index (χ3n) is 4.66. The van der Waals surface area contributed by atoms with Gasteiger partial charge in [-0.3, -0.25) is 4.79 Å². The lowest BCUT2D eigenvalue weighted by atomic mass is 9.97. The molecule has 0 saturated carbocycles. The normalized spacial score (nSPS) is 14.0. The van der Waals surface area contributed by atoms with Crippen molar-refractivity contribution in [3.05, 3.63) is 58.9 Å². The van der Waals surface area contributed by atoms with Crippen molar-refractivity contribution < 1.29 is 13.9 Å². The Balaban J connectivity index is 0.00000243. The molecule has 2 aromatic rings. The second kappa shape index (κ2) is 9.01. The van der Waals surface area contributed by atoms with E-state index in [9.17, 15) is 9.18 Å². The predicted octanol–water partition coefficient (Wildman–Crippen LogP) is 4.03. The van der Waals surface area contributed by atoms with Crippen LogP contribution in [0.4, 0.5) is 10.1 Å². The first-order chi connectivity index (χ1) is 12.1. The van der Waals surface area contributed by atoms with Crippen LogP contribution in [0.25, 0.3) is 0 Å². The maximum Gasteiger partial charge on any atom is 0.225 e. The molecule has 0 saturated heterocycles. The Morgan fingerprint density at radius 1 is 1.27 bits per heavy atom. The van der Waals surface area contributed by atoms with Crippen LogP contribution in [0, 0.1) is 5.82 Å². The number of carbonyl (C=O) groups excluding carboxylic acids is 1. The molecule has 1 unspecified atom stereocenters. The monoisotopic (exact) mass is 378 g/mol. The fraction of sp³-hybridized carbons (Fsp3) is 0.350. The van der Waals surface area contributed by atoms with Gasteiger partial charge in [-0.25, -0.2) is 4.39 Å². The average molecular weight is 379 g/mol. The lowest BCUT2D eigenvalue weighted by Crippen LogP contribution is -2.25. The molecule has 6 heteroatoms. The van der Waals surface area contributed by atoms with Gasteiger partial charge in [0.25, 0.3) is 0 Å². The van der Waals surface area contributed by atoms with E-state index < -0.39 is 0 Å². The number of ether oxygens (including phenoxy) is 1. The van der Waals surface area contributed by atoms with Gasteiger partial charge in [-0.05, 0) is 53.8 Å². The minimum Gasteiger partial charge on any atom is -0.497 e. The number of hydrogen-bond acceptors (Lipinski definition) is 3. The Labute approximate surface area is 159 Å². The molecule has 3 rings (SSSR count). The average Bonchev–Trinajstić information content (AvgIpc) is 2.64. The second-order valence-electron chi connectivity index (χ2n) is 6.42. The maximum atomic E-state index is 14.6. The summed E-state index contributed by atoms with van der Waals surface area (Å²) < 4.78 is 19.7. The Kier molecular flexibility index (Phi) is 7.00. The number of nitrogens with one attached hydrogen (secondary N) is 2. The second-order valence-corrected chi connectivity index (χ2v) is 6.42. The van der Waals surface area contributed by atoms with E-state index in [4.69, 9.17) is 4.74 Å². The van der Waals surface area contributed by atoms with Gasteiger partial charge in [-0.2, -0.15) is 0 Å². The molecule has 1 heterocycles. The molecule has 1 atom stereocenters. The fourth-order valence-corrected chi connectivity index (χ4v) is 3.16. The molecule has 1 aliphatic rings. The van der Waals surface area contributed by atoms with Crippen molar-refractivity contribution in [3.63, 3.8) is 0 Å². The van der Waals surface area contributed by atoms with E-state index in [2.05, 4.69) is 10.6 Å². The Bertz CT molecular complexity index is 765. The molecule has 0 fully saturated rings. The minimum absolute atomic E-state index is 0. The summed E-state index contributed by atoms with van der Waals surface area (Å²) in [6.45, 7) is 3.42. The highest BCUT2D eigenvalue weighted by atomic mass is 35.5. The van der Waals surface area contributed by atoms with Crippen LogP contribution in [-0.4, -0.2) is 19.6 Å². The van der Waals surface area contributed by atoms with Crippen LogP contribution < -0.4 is 15.4 Å². The lowest BCUT2D eigenvalue weighted by Gasteiger charge is -2.20. The number of anilines is 1. The highest BCUT2D eigenvalue weighted by Gasteiger charge is 2.18. The van der Waals surface area contributed by atoms with E-state index in [1.54, 1.807) is 13.2 Å². The highest BCUT2D eigenvalue weighted by Crippen LogP contribution is 2.26. The maximum absolute atomic E-state index is 14.6. The van der Waals surface area contributed by atoms with Gasteiger partial charge in [0.1, 0.15) is 11.6 Å². The van der Waals surface area contributed by atoms with Crippen LogP contribution >= 0.6 is 12.4 Å². The van der Waals surface area contributed by atoms with Crippen molar-refractivity contribution in [2.24, 2.45) is 0 Å². The van der Waals surface area contributed by atoms with Crippen molar-refractivity contribution >= 4 is 24.0 Å².